The zero-order valence-electron chi connectivity index (χ0n) is 17.8. The van der Waals surface area contributed by atoms with Crippen LogP contribution in [0, 0.1) is 6.92 Å². The average Bonchev–Trinajstić information content (AvgIpc) is 3.03. The lowest BCUT2D eigenvalue weighted by Crippen LogP contribution is -2.25. The lowest BCUT2D eigenvalue weighted by Gasteiger charge is -2.19. The number of rotatable bonds is 4. The minimum absolute atomic E-state index is 0.108. The number of carbonyl (C=O) groups is 1. The number of benzene rings is 2. The third kappa shape index (κ3) is 3.58. The second-order valence-corrected chi connectivity index (χ2v) is 7.78. The van der Waals surface area contributed by atoms with Gasteiger partial charge in [0.15, 0.2) is 11.4 Å². The Morgan fingerprint density at radius 2 is 1.94 bits per heavy atom. The largest absolute Gasteiger partial charge is 0.439 e. The van der Waals surface area contributed by atoms with Crippen molar-refractivity contribution in [2.45, 2.75) is 26.2 Å². The van der Waals surface area contributed by atoms with Gasteiger partial charge in [-0.25, -0.2) is 9.78 Å². The van der Waals surface area contributed by atoms with Crippen LogP contribution in [0.5, 0.6) is 0 Å². The molecule has 0 bridgehead atoms. The Bertz CT molecular complexity index is 1390. The van der Waals surface area contributed by atoms with E-state index in [-0.39, 0.29) is 5.91 Å². The van der Waals surface area contributed by atoms with Gasteiger partial charge in [0.1, 0.15) is 5.52 Å². The molecule has 0 spiro atoms. The molecule has 9 nitrogen and oxygen atoms in total. The monoisotopic (exact) mass is 430 g/mol. The van der Waals surface area contributed by atoms with E-state index in [1.807, 2.05) is 31.2 Å². The lowest BCUT2D eigenvalue weighted by atomic mass is 10.1. The first-order valence-electron chi connectivity index (χ1n) is 10.4. The van der Waals surface area contributed by atoms with Crippen molar-refractivity contribution >= 4 is 40.1 Å². The Balaban J connectivity index is 1.45. The predicted octanol–water partition coefficient (Wildman–Crippen LogP) is 3.61. The van der Waals surface area contributed by atoms with Gasteiger partial charge in [-0.15, -0.1) is 0 Å². The number of hydrogen-bond acceptors (Lipinski definition) is 7. The zero-order chi connectivity index (χ0) is 22.2. The number of nitrogens with one attached hydrogen (secondary N) is 2. The Hall–Kier alpha value is -4.14. The molecule has 4 aromatic rings. The van der Waals surface area contributed by atoms with Gasteiger partial charge >= 0.3 is 5.76 Å². The number of para-hydroxylation sites is 2. The summed E-state index contributed by atoms with van der Waals surface area (Å²) in [6, 6.07) is 13.1. The molecule has 0 aliphatic carbocycles. The van der Waals surface area contributed by atoms with Crippen molar-refractivity contribution in [3.05, 3.63) is 70.3 Å². The maximum atomic E-state index is 12.3. The van der Waals surface area contributed by atoms with Crippen LogP contribution in [0.4, 0.5) is 23.1 Å². The molecule has 0 unspecified atom stereocenters. The molecule has 2 aromatic carbocycles. The minimum Gasteiger partial charge on any atom is -0.406 e. The first kappa shape index (κ1) is 19.8. The van der Waals surface area contributed by atoms with Crippen LogP contribution in [-0.2, 0) is 11.2 Å². The Kier molecular flexibility index (Phi) is 4.85. The van der Waals surface area contributed by atoms with E-state index in [0.29, 0.717) is 29.3 Å². The summed E-state index contributed by atoms with van der Waals surface area (Å²) in [5.74, 6) is 0.411. The predicted molar refractivity (Wildman–Crippen MR) is 122 cm³/mol. The van der Waals surface area contributed by atoms with Gasteiger partial charge in [-0.3, -0.25) is 10.2 Å². The van der Waals surface area contributed by atoms with E-state index in [1.165, 1.54) is 4.68 Å². The number of carbonyl (C=O) groups excluding carboxylic acids is 1. The highest BCUT2D eigenvalue weighted by Crippen LogP contribution is 2.30. The molecule has 2 aromatic heterocycles. The number of amides is 1. The molecule has 162 valence electrons. The molecule has 3 heterocycles. The van der Waals surface area contributed by atoms with E-state index in [4.69, 9.17) is 4.42 Å². The van der Waals surface area contributed by atoms with E-state index in [0.717, 1.165) is 35.3 Å². The van der Waals surface area contributed by atoms with Crippen molar-refractivity contribution in [2.75, 3.05) is 22.7 Å². The van der Waals surface area contributed by atoms with Crippen LogP contribution in [0.2, 0.25) is 0 Å². The number of hydrogen-bond donors (Lipinski definition) is 2. The molecule has 0 radical (unpaired) electrons. The summed E-state index contributed by atoms with van der Waals surface area (Å²) in [5, 5.41) is 3.20. The highest BCUT2D eigenvalue weighted by molar-refractivity contribution is 5.95. The van der Waals surface area contributed by atoms with E-state index >= 15 is 0 Å². The SMILES string of the molecule is Cc1cnc(Nc2ccc3c(c2)N(C)C(=O)CCC3)nc1Nn1c(=O)oc2ccccc21. The molecule has 0 fully saturated rings. The van der Waals surface area contributed by atoms with Gasteiger partial charge in [0.05, 0.1) is 0 Å². The zero-order valence-corrected chi connectivity index (χ0v) is 17.8. The molecule has 5 rings (SSSR count). The van der Waals surface area contributed by atoms with E-state index < -0.39 is 5.76 Å². The quantitative estimate of drug-likeness (QED) is 0.509. The van der Waals surface area contributed by atoms with Crippen LogP contribution in [0.1, 0.15) is 24.0 Å². The number of fused-ring (bicyclic) bond motifs is 2. The van der Waals surface area contributed by atoms with Gasteiger partial charge in [0.2, 0.25) is 11.9 Å². The molecule has 32 heavy (non-hydrogen) atoms. The minimum atomic E-state index is -0.530. The van der Waals surface area contributed by atoms with E-state index in [9.17, 15) is 9.59 Å². The highest BCUT2D eigenvalue weighted by atomic mass is 16.4. The molecule has 1 aliphatic heterocycles. The number of aromatic nitrogens is 3. The van der Waals surface area contributed by atoms with Gasteiger partial charge in [0.25, 0.3) is 0 Å². The van der Waals surface area contributed by atoms with Crippen molar-refractivity contribution in [3.63, 3.8) is 0 Å². The standard InChI is InChI=1S/C23H22N6O3/c1-14-13-24-22(25-16-11-10-15-6-5-9-20(30)28(2)18(15)12-16)26-21(14)27-29-17-7-3-4-8-19(17)32-23(29)31/h3-4,7-8,10-13H,5-6,9H2,1-2H3,(H2,24,25,26,27). The van der Waals surface area contributed by atoms with Gasteiger partial charge in [0, 0.05) is 36.6 Å². The van der Waals surface area contributed by atoms with Crippen LogP contribution in [0.15, 0.2) is 57.9 Å². The maximum Gasteiger partial charge on any atom is 0.439 e. The molecule has 2 N–H and O–H groups in total. The number of oxazole rings is 1. The fraction of sp³-hybridized carbons (Fsp3) is 0.217. The van der Waals surface area contributed by atoms with Crippen molar-refractivity contribution in [1.29, 1.82) is 0 Å². The molecule has 0 atom stereocenters. The summed E-state index contributed by atoms with van der Waals surface area (Å²) >= 11 is 0. The molecule has 9 heteroatoms. The molecule has 0 saturated heterocycles. The number of aryl methyl sites for hydroxylation is 2. The topological polar surface area (TPSA) is 105 Å². The highest BCUT2D eigenvalue weighted by Gasteiger charge is 2.19. The second-order valence-electron chi connectivity index (χ2n) is 7.78. The third-order valence-corrected chi connectivity index (χ3v) is 5.59. The summed E-state index contributed by atoms with van der Waals surface area (Å²) in [6.45, 7) is 1.85. The molecular weight excluding hydrogens is 408 g/mol. The number of anilines is 4. The second kappa shape index (κ2) is 7.84. The summed E-state index contributed by atoms with van der Waals surface area (Å²) in [7, 11) is 1.80. The van der Waals surface area contributed by atoms with Gasteiger partial charge in [-0.2, -0.15) is 9.66 Å². The summed E-state index contributed by atoms with van der Waals surface area (Å²) in [6.07, 6.45) is 3.94. The van der Waals surface area contributed by atoms with E-state index in [1.54, 1.807) is 36.3 Å². The normalized spacial score (nSPS) is 13.7. The van der Waals surface area contributed by atoms with Gasteiger partial charge in [-0.05, 0) is 49.6 Å². The summed E-state index contributed by atoms with van der Waals surface area (Å²) in [5.41, 5.74) is 7.69. The molecule has 1 aliphatic rings. The Morgan fingerprint density at radius 3 is 2.81 bits per heavy atom. The van der Waals surface area contributed by atoms with Crippen molar-refractivity contribution in [3.8, 4) is 0 Å². The average molecular weight is 430 g/mol. The van der Waals surface area contributed by atoms with Gasteiger partial charge < -0.3 is 14.6 Å². The number of nitrogens with zero attached hydrogens (tertiary/aromatic N) is 4. The summed E-state index contributed by atoms with van der Waals surface area (Å²) in [4.78, 5) is 35.1. The van der Waals surface area contributed by atoms with Crippen LogP contribution in [-0.4, -0.2) is 27.6 Å². The fourth-order valence-corrected chi connectivity index (χ4v) is 3.82. The fourth-order valence-electron chi connectivity index (χ4n) is 3.82. The van der Waals surface area contributed by atoms with Crippen molar-refractivity contribution in [1.82, 2.24) is 14.6 Å². The van der Waals surface area contributed by atoms with Crippen LogP contribution >= 0.6 is 0 Å². The summed E-state index contributed by atoms with van der Waals surface area (Å²) < 4.78 is 6.59. The lowest BCUT2D eigenvalue weighted by molar-refractivity contribution is -0.118. The van der Waals surface area contributed by atoms with Crippen LogP contribution in [0.3, 0.4) is 0 Å². The molecule has 1 amide bonds. The molecular formula is C23H22N6O3. The van der Waals surface area contributed by atoms with Crippen molar-refractivity contribution in [2.24, 2.45) is 0 Å². The van der Waals surface area contributed by atoms with E-state index in [2.05, 4.69) is 20.7 Å². The Morgan fingerprint density at radius 1 is 1.09 bits per heavy atom. The van der Waals surface area contributed by atoms with Crippen molar-refractivity contribution < 1.29 is 9.21 Å². The smallest absolute Gasteiger partial charge is 0.406 e. The van der Waals surface area contributed by atoms with Gasteiger partial charge in [-0.1, -0.05) is 18.2 Å². The molecule has 0 saturated carbocycles. The maximum absolute atomic E-state index is 12.3. The Labute approximate surface area is 183 Å². The first-order valence-corrected chi connectivity index (χ1v) is 10.4. The first-order chi connectivity index (χ1) is 15.5. The van der Waals surface area contributed by atoms with Crippen LogP contribution in [0.25, 0.3) is 11.1 Å². The van der Waals surface area contributed by atoms with Crippen LogP contribution < -0.4 is 21.4 Å². The third-order valence-electron chi connectivity index (χ3n) is 5.59.